The van der Waals surface area contributed by atoms with Crippen molar-refractivity contribution in [3.63, 3.8) is 0 Å². The van der Waals surface area contributed by atoms with Crippen LogP contribution in [0.1, 0.15) is 26.3 Å². The fourth-order valence-electron chi connectivity index (χ4n) is 2.40. The van der Waals surface area contributed by atoms with E-state index in [0.29, 0.717) is 5.82 Å². The van der Waals surface area contributed by atoms with E-state index in [-0.39, 0.29) is 11.6 Å². The van der Waals surface area contributed by atoms with Crippen LogP contribution in [0.2, 0.25) is 0 Å². The van der Waals surface area contributed by atoms with E-state index in [9.17, 15) is 8.42 Å². The molecule has 2 rings (SSSR count). The summed E-state index contributed by atoms with van der Waals surface area (Å²) in [6.45, 7) is 9.79. The highest BCUT2D eigenvalue weighted by atomic mass is 32.2. The first-order chi connectivity index (χ1) is 11.9. The molecule has 0 aliphatic rings. The molecule has 1 heterocycles. The molecular weight excluding hydrogens is 338 g/mol. The van der Waals surface area contributed by atoms with Gasteiger partial charge in [-0.3, -0.25) is 4.72 Å². The first-order valence-electron chi connectivity index (χ1n) is 8.35. The van der Waals surface area contributed by atoms with Crippen molar-refractivity contribution in [2.75, 3.05) is 33.8 Å². The number of anilines is 4. The topological polar surface area (TPSA) is 87.2 Å². The van der Waals surface area contributed by atoms with Crippen LogP contribution >= 0.6 is 0 Å². The van der Waals surface area contributed by atoms with E-state index in [4.69, 9.17) is 0 Å². The number of hydrogen-bond acceptors (Lipinski definition) is 6. The lowest BCUT2D eigenvalue weighted by atomic mass is 10.1. The van der Waals surface area contributed by atoms with Gasteiger partial charge < -0.3 is 10.2 Å². The average molecular weight is 363 g/mol. The van der Waals surface area contributed by atoms with Crippen molar-refractivity contribution >= 4 is 33.0 Å². The summed E-state index contributed by atoms with van der Waals surface area (Å²) in [5.74, 6) is 0.756. The maximum atomic E-state index is 11.5. The quantitative estimate of drug-likeness (QED) is 0.749. The molecule has 0 spiro atoms. The van der Waals surface area contributed by atoms with E-state index in [1.54, 1.807) is 19.1 Å². The molecule has 7 nitrogen and oxygen atoms in total. The summed E-state index contributed by atoms with van der Waals surface area (Å²) >= 11 is 0. The predicted molar refractivity (Wildman–Crippen MR) is 103 cm³/mol. The van der Waals surface area contributed by atoms with Gasteiger partial charge in [0.05, 0.1) is 5.75 Å². The zero-order valence-corrected chi connectivity index (χ0v) is 15.9. The molecule has 136 valence electrons. The number of nitrogens with one attached hydrogen (secondary N) is 2. The van der Waals surface area contributed by atoms with E-state index in [0.717, 1.165) is 24.3 Å². The van der Waals surface area contributed by atoms with E-state index < -0.39 is 10.0 Å². The van der Waals surface area contributed by atoms with Crippen LogP contribution in [-0.2, 0) is 10.0 Å². The van der Waals surface area contributed by atoms with Crippen LogP contribution in [-0.4, -0.2) is 37.5 Å². The Morgan fingerprint density at radius 1 is 1.00 bits per heavy atom. The summed E-state index contributed by atoms with van der Waals surface area (Å²) < 4.78 is 25.4. The van der Waals surface area contributed by atoms with Crippen LogP contribution in [0.3, 0.4) is 0 Å². The van der Waals surface area contributed by atoms with E-state index in [2.05, 4.69) is 51.1 Å². The van der Waals surface area contributed by atoms with Crippen LogP contribution in [0, 0.1) is 6.92 Å². The molecule has 0 aliphatic carbocycles. The Morgan fingerprint density at radius 3 is 2.16 bits per heavy atom. The molecule has 1 aromatic heterocycles. The van der Waals surface area contributed by atoms with Crippen LogP contribution in [0.4, 0.5) is 23.0 Å². The smallest absolute Gasteiger partial charge is 0.233 e. The second-order valence-electron chi connectivity index (χ2n) is 5.61. The van der Waals surface area contributed by atoms with Gasteiger partial charge in [0.2, 0.25) is 10.0 Å². The molecule has 25 heavy (non-hydrogen) atoms. The molecule has 0 saturated heterocycles. The van der Waals surface area contributed by atoms with Gasteiger partial charge in [-0.1, -0.05) is 0 Å². The highest BCUT2D eigenvalue weighted by Gasteiger charge is 2.09. The number of hydrogen-bond donors (Lipinski definition) is 2. The van der Waals surface area contributed by atoms with Gasteiger partial charge in [-0.2, -0.15) is 0 Å². The summed E-state index contributed by atoms with van der Waals surface area (Å²) in [4.78, 5) is 2.28. The summed E-state index contributed by atoms with van der Waals surface area (Å²) in [7, 11) is -3.35. The van der Waals surface area contributed by atoms with Crippen molar-refractivity contribution in [3.8, 4) is 0 Å². The minimum Gasteiger partial charge on any atom is -0.372 e. The molecule has 0 atom stereocenters. The van der Waals surface area contributed by atoms with Gasteiger partial charge in [-0.15, -0.1) is 10.2 Å². The van der Waals surface area contributed by atoms with Crippen molar-refractivity contribution in [2.45, 2.75) is 27.7 Å². The van der Waals surface area contributed by atoms with E-state index in [1.807, 2.05) is 13.0 Å². The van der Waals surface area contributed by atoms with Crippen molar-refractivity contribution in [2.24, 2.45) is 0 Å². The third-order valence-corrected chi connectivity index (χ3v) is 5.19. The van der Waals surface area contributed by atoms with Gasteiger partial charge in [0.25, 0.3) is 0 Å². The summed E-state index contributed by atoms with van der Waals surface area (Å²) in [6, 6.07) is 9.49. The van der Waals surface area contributed by atoms with Gasteiger partial charge in [-0.25, -0.2) is 8.42 Å². The molecule has 0 bridgehead atoms. The van der Waals surface area contributed by atoms with Crippen LogP contribution < -0.4 is 14.9 Å². The Bertz CT molecular complexity index is 802. The van der Waals surface area contributed by atoms with Crippen LogP contribution in [0.5, 0.6) is 0 Å². The molecule has 0 amide bonds. The average Bonchev–Trinajstić information content (AvgIpc) is 2.60. The van der Waals surface area contributed by atoms with Crippen LogP contribution in [0.15, 0.2) is 30.3 Å². The zero-order chi connectivity index (χ0) is 18.4. The van der Waals surface area contributed by atoms with Gasteiger partial charge >= 0.3 is 0 Å². The van der Waals surface area contributed by atoms with Gasteiger partial charge in [0.1, 0.15) is 0 Å². The number of sulfonamides is 1. The number of aryl methyl sites for hydroxylation is 1. The van der Waals surface area contributed by atoms with E-state index >= 15 is 0 Å². The number of benzene rings is 1. The molecule has 0 radical (unpaired) electrons. The maximum absolute atomic E-state index is 11.5. The first kappa shape index (κ1) is 19.0. The summed E-state index contributed by atoms with van der Waals surface area (Å²) in [6.07, 6.45) is 0. The highest BCUT2D eigenvalue weighted by Crippen LogP contribution is 2.25. The summed E-state index contributed by atoms with van der Waals surface area (Å²) in [5.41, 5.74) is 3.22. The fourth-order valence-corrected chi connectivity index (χ4v) is 2.97. The second-order valence-corrected chi connectivity index (χ2v) is 7.62. The van der Waals surface area contributed by atoms with E-state index in [1.165, 1.54) is 5.69 Å². The molecule has 2 aromatic rings. The van der Waals surface area contributed by atoms with Gasteiger partial charge in [-0.05, 0) is 63.6 Å². The monoisotopic (exact) mass is 363 g/mol. The minimum absolute atomic E-state index is 0.00718. The third-order valence-electron chi connectivity index (χ3n) is 3.91. The first-order valence-corrected chi connectivity index (χ1v) is 10.0. The molecule has 1 aromatic carbocycles. The highest BCUT2D eigenvalue weighted by molar-refractivity contribution is 7.92. The normalized spacial score (nSPS) is 11.2. The van der Waals surface area contributed by atoms with Crippen molar-refractivity contribution < 1.29 is 8.42 Å². The molecule has 0 aliphatic heterocycles. The Labute approximate surface area is 149 Å². The Kier molecular flexibility index (Phi) is 6.19. The Morgan fingerprint density at radius 2 is 1.64 bits per heavy atom. The molecular formula is C17H25N5O2S. The second kappa shape index (κ2) is 8.15. The molecule has 2 N–H and O–H groups in total. The molecule has 0 unspecified atom stereocenters. The summed E-state index contributed by atoms with van der Waals surface area (Å²) in [5, 5.41) is 11.1. The molecule has 8 heteroatoms. The largest absolute Gasteiger partial charge is 0.372 e. The van der Waals surface area contributed by atoms with Gasteiger partial charge in [0.15, 0.2) is 11.6 Å². The van der Waals surface area contributed by atoms with Crippen molar-refractivity contribution in [1.82, 2.24) is 10.2 Å². The lowest BCUT2D eigenvalue weighted by Crippen LogP contribution is -2.21. The minimum atomic E-state index is -3.35. The lowest BCUT2D eigenvalue weighted by Gasteiger charge is -2.22. The number of rotatable bonds is 8. The fraction of sp³-hybridized carbons (Fsp3) is 0.412. The number of aromatic nitrogens is 2. The standard InChI is InChI=1S/C17H25N5O2S/c1-5-22(6-2)14-8-9-15(13(4)12-14)18-16-10-11-17(20-19-16)21-25(23,24)7-3/h8-12H,5-7H2,1-4H3,(H,18,19)(H,20,21). The zero-order valence-electron chi connectivity index (χ0n) is 15.1. The SMILES string of the molecule is CCN(CC)c1ccc(Nc2ccc(NS(=O)(=O)CC)nn2)c(C)c1. The third kappa shape index (κ3) is 5.06. The van der Waals surface area contributed by atoms with Crippen molar-refractivity contribution in [3.05, 3.63) is 35.9 Å². The maximum Gasteiger partial charge on any atom is 0.233 e. The Hall–Kier alpha value is -2.35. The predicted octanol–water partition coefficient (Wildman–Crippen LogP) is 3.14. The van der Waals surface area contributed by atoms with Crippen LogP contribution in [0.25, 0.3) is 0 Å². The lowest BCUT2D eigenvalue weighted by molar-refractivity contribution is 0.602. The number of nitrogens with zero attached hydrogens (tertiary/aromatic N) is 3. The van der Waals surface area contributed by atoms with Crippen molar-refractivity contribution in [1.29, 1.82) is 0 Å². The van der Waals surface area contributed by atoms with Gasteiger partial charge in [0, 0.05) is 24.5 Å². The molecule has 0 fully saturated rings. The molecule has 0 saturated carbocycles. The Balaban J connectivity index is 2.12.